The Hall–Kier alpha value is -2.68. The summed E-state index contributed by atoms with van der Waals surface area (Å²) in [5, 5.41) is 22.2. The van der Waals surface area contributed by atoms with Gasteiger partial charge >= 0.3 is 0 Å². The van der Waals surface area contributed by atoms with Crippen LogP contribution in [0.2, 0.25) is 0 Å². The molecule has 84 valence electrons. The Kier molecular flexibility index (Phi) is 3.12. The molecule has 17 heavy (non-hydrogen) atoms. The molecular formula is C11H9N5O. The number of rotatable bonds is 3. The largest absolute Gasteiger partial charge is 0.497 e. The van der Waals surface area contributed by atoms with Gasteiger partial charge in [0.15, 0.2) is 0 Å². The maximum atomic E-state index is 9.00. The number of aromatic amines is 1. The molecule has 6 heteroatoms. The first kappa shape index (κ1) is 10.8. The van der Waals surface area contributed by atoms with Gasteiger partial charge in [0.05, 0.1) is 7.11 Å². The molecule has 0 amide bonds. The van der Waals surface area contributed by atoms with E-state index in [1.807, 2.05) is 30.3 Å². The van der Waals surface area contributed by atoms with Crippen molar-refractivity contribution in [1.82, 2.24) is 20.6 Å². The van der Waals surface area contributed by atoms with E-state index in [1.54, 1.807) is 13.2 Å². The SMILES string of the molecule is COc1ccc(C=C(C#N)c2nn[nH]n2)cc1. The van der Waals surface area contributed by atoms with Crippen molar-refractivity contribution in [1.29, 1.82) is 5.26 Å². The second kappa shape index (κ2) is 4.90. The van der Waals surface area contributed by atoms with Crippen LogP contribution in [0.1, 0.15) is 11.4 Å². The number of nitriles is 1. The molecule has 1 heterocycles. The summed E-state index contributed by atoms with van der Waals surface area (Å²) in [6.45, 7) is 0. The van der Waals surface area contributed by atoms with Gasteiger partial charge in [0, 0.05) is 0 Å². The van der Waals surface area contributed by atoms with Gasteiger partial charge in [-0.05, 0) is 29.0 Å². The zero-order valence-electron chi connectivity index (χ0n) is 9.08. The van der Waals surface area contributed by atoms with E-state index < -0.39 is 0 Å². The zero-order valence-corrected chi connectivity index (χ0v) is 9.08. The third-order valence-corrected chi connectivity index (χ3v) is 2.13. The number of allylic oxidation sites excluding steroid dienone is 1. The molecule has 1 aromatic carbocycles. The molecule has 1 N–H and O–H groups in total. The molecule has 6 nitrogen and oxygen atoms in total. The third kappa shape index (κ3) is 2.46. The molecule has 0 aliphatic carbocycles. The van der Waals surface area contributed by atoms with Crippen LogP contribution >= 0.6 is 0 Å². The van der Waals surface area contributed by atoms with Crippen LogP contribution in [0.3, 0.4) is 0 Å². The predicted molar refractivity (Wildman–Crippen MR) is 60.7 cm³/mol. The van der Waals surface area contributed by atoms with Gasteiger partial charge in [-0.15, -0.1) is 10.2 Å². The molecule has 0 aliphatic heterocycles. The Balaban J connectivity index is 2.31. The van der Waals surface area contributed by atoms with Gasteiger partial charge in [-0.1, -0.05) is 12.1 Å². The van der Waals surface area contributed by atoms with Crippen molar-refractivity contribution in [2.24, 2.45) is 0 Å². The van der Waals surface area contributed by atoms with E-state index in [0.29, 0.717) is 5.57 Å². The van der Waals surface area contributed by atoms with Gasteiger partial charge in [-0.2, -0.15) is 10.5 Å². The molecule has 0 bridgehead atoms. The predicted octanol–water partition coefficient (Wildman–Crippen LogP) is 1.27. The number of ether oxygens (including phenoxy) is 1. The lowest BCUT2D eigenvalue weighted by atomic mass is 10.1. The second-order valence-corrected chi connectivity index (χ2v) is 3.18. The van der Waals surface area contributed by atoms with E-state index >= 15 is 0 Å². The van der Waals surface area contributed by atoms with Crippen LogP contribution < -0.4 is 4.74 Å². The van der Waals surface area contributed by atoms with E-state index in [1.165, 1.54) is 0 Å². The summed E-state index contributed by atoms with van der Waals surface area (Å²) in [4.78, 5) is 0. The van der Waals surface area contributed by atoms with Crippen molar-refractivity contribution in [3.8, 4) is 11.8 Å². The van der Waals surface area contributed by atoms with Crippen LogP contribution in [-0.4, -0.2) is 27.7 Å². The fraction of sp³-hybridized carbons (Fsp3) is 0.0909. The Bertz CT molecular complexity index is 551. The monoisotopic (exact) mass is 227 g/mol. The lowest BCUT2D eigenvalue weighted by molar-refractivity contribution is 0.415. The molecule has 0 saturated heterocycles. The number of benzene rings is 1. The van der Waals surface area contributed by atoms with Crippen LogP contribution in [0, 0.1) is 11.3 Å². The number of hydrogen-bond acceptors (Lipinski definition) is 5. The van der Waals surface area contributed by atoms with Crippen molar-refractivity contribution < 1.29 is 4.74 Å². The van der Waals surface area contributed by atoms with Crippen LogP contribution in [0.5, 0.6) is 5.75 Å². The summed E-state index contributed by atoms with van der Waals surface area (Å²) in [5.74, 6) is 1.04. The fourth-order valence-corrected chi connectivity index (χ4v) is 1.29. The zero-order chi connectivity index (χ0) is 12.1. The van der Waals surface area contributed by atoms with Gasteiger partial charge in [-0.25, -0.2) is 0 Å². The maximum Gasteiger partial charge on any atom is 0.215 e. The summed E-state index contributed by atoms with van der Waals surface area (Å²) in [6.07, 6.45) is 1.68. The van der Waals surface area contributed by atoms with Gasteiger partial charge in [0.25, 0.3) is 0 Å². The van der Waals surface area contributed by atoms with Gasteiger partial charge in [0.2, 0.25) is 5.82 Å². The Morgan fingerprint density at radius 1 is 1.41 bits per heavy atom. The first-order chi connectivity index (χ1) is 8.33. The first-order valence-electron chi connectivity index (χ1n) is 4.83. The Morgan fingerprint density at radius 2 is 2.18 bits per heavy atom. The molecule has 1 aromatic heterocycles. The molecule has 0 fully saturated rings. The molecule has 2 aromatic rings. The van der Waals surface area contributed by atoms with Crippen molar-refractivity contribution in [2.75, 3.05) is 7.11 Å². The highest BCUT2D eigenvalue weighted by Crippen LogP contribution is 2.16. The molecule has 0 spiro atoms. The van der Waals surface area contributed by atoms with Crippen molar-refractivity contribution in [2.45, 2.75) is 0 Å². The van der Waals surface area contributed by atoms with Crippen molar-refractivity contribution in [3.63, 3.8) is 0 Å². The summed E-state index contributed by atoms with van der Waals surface area (Å²) < 4.78 is 5.05. The molecule has 0 saturated carbocycles. The lowest BCUT2D eigenvalue weighted by Gasteiger charge is -1.99. The van der Waals surface area contributed by atoms with Crippen molar-refractivity contribution >= 4 is 11.6 Å². The molecular weight excluding hydrogens is 218 g/mol. The lowest BCUT2D eigenvalue weighted by Crippen LogP contribution is -1.86. The highest BCUT2D eigenvalue weighted by Gasteiger charge is 2.05. The van der Waals surface area contributed by atoms with Gasteiger partial charge in [0.1, 0.15) is 17.4 Å². The second-order valence-electron chi connectivity index (χ2n) is 3.18. The first-order valence-corrected chi connectivity index (χ1v) is 4.83. The normalized spacial score (nSPS) is 10.9. The van der Waals surface area contributed by atoms with Gasteiger partial charge < -0.3 is 4.74 Å². The number of hydrogen-bond donors (Lipinski definition) is 1. The Morgan fingerprint density at radius 3 is 2.71 bits per heavy atom. The van der Waals surface area contributed by atoms with E-state index in [9.17, 15) is 0 Å². The summed E-state index contributed by atoms with van der Waals surface area (Å²) >= 11 is 0. The van der Waals surface area contributed by atoms with Crippen LogP contribution in [0.4, 0.5) is 0 Å². The summed E-state index contributed by atoms with van der Waals surface area (Å²) in [7, 11) is 1.60. The Labute approximate surface area is 97.5 Å². The molecule has 0 aliphatic rings. The number of H-pyrrole nitrogens is 1. The molecule has 2 rings (SSSR count). The van der Waals surface area contributed by atoms with E-state index in [-0.39, 0.29) is 5.82 Å². The summed E-state index contributed by atoms with van der Waals surface area (Å²) in [6, 6.07) is 9.35. The number of nitrogens with zero attached hydrogens (tertiary/aromatic N) is 4. The van der Waals surface area contributed by atoms with E-state index in [0.717, 1.165) is 11.3 Å². The number of tetrazole rings is 1. The third-order valence-electron chi connectivity index (χ3n) is 2.13. The highest BCUT2D eigenvalue weighted by molar-refractivity contribution is 5.86. The minimum absolute atomic E-state index is 0.281. The average Bonchev–Trinajstić information content (AvgIpc) is 2.90. The molecule has 0 atom stereocenters. The topological polar surface area (TPSA) is 87.5 Å². The quantitative estimate of drug-likeness (QED) is 0.798. The van der Waals surface area contributed by atoms with Crippen LogP contribution in [0.15, 0.2) is 24.3 Å². The van der Waals surface area contributed by atoms with Crippen molar-refractivity contribution in [3.05, 3.63) is 35.7 Å². The number of methoxy groups -OCH3 is 1. The fourth-order valence-electron chi connectivity index (χ4n) is 1.29. The van der Waals surface area contributed by atoms with Gasteiger partial charge in [-0.3, -0.25) is 0 Å². The standard InChI is InChI=1S/C11H9N5O/c1-17-10-4-2-8(3-5-10)6-9(7-12)11-13-15-16-14-11/h2-6H,1H3,(H,13,14,15,16). The van der Waals surface area contributed by atoms with Crippen LogP contribution in [0.25, 0.3) is 11.6 Å². The number of aromatic nitrogens is 4. The summed E-state index contributed by atoms with van der Waals surface area (Å²) in [5.41, 5.74) is 1.22. The minimum atomic E-state index is 0.281. The smallest absolute Gasteiger partial charge is 0.215 e. The number of nitrogens with one attached hydrogen (secondary N) is 1. The average molecular weight is 227 g/mol. The van der Waals surface area contributed by atoms with Crippen LogP contribution in [-0.2, 0) is 0 Å². The maximum absolute atomic E-state index is 9.00. The van der Waals surface area contributed by atoms with E-state index in [4.69, 9.17) is 10.00 Å². The highest BCUT2D eigenvalue weighted by atomic mass is 16.5. The minimum Gasteiger partial charge on any atom is -0.497 e. The molecule has 0 unspecified atom stereocenters. The van der Waals surface area contributed by atoms with E-state index in [2.05, 4.69) is 20.6 Å². The molecule has 0 radical (unpaired) electrons.